The lowest BCUT2D eigenvalue weighted by molar-refractivity contribution is -0.120. The van der Waals surface area contributed by atoms with Gasteiger partial charge in [0, 0.05) is 25.6 Å². The molecule has 1 saturated carbocycles. The summed E-state index contributed by atoms with van der Waals surface area (Å²) in [5.41, 5.74) is 0. The fraction of sp³-hybridized carbons (Fsp3) is 0.933. The molecule has 1 aliphatic heterocycles. The molecule has 110 valence electrons. The second kappa shape index (κ2) is 8.54. The molecule has 0 radical (unpaired) electrons. The third-order valence-electron chi connectivity index (χ3n) is 4.19. The predicted molar refractivity (Wildman–Crippen MR) is 76.1 cm³/mol. The van der Waals surface area contributed by atoms with Crippen LogP contribution in [0.5, 0.6) is 0 Å². The van der Waals surface area contributed by atoms with Crippen LogP contribution in [0.3, 0.4) is 0 Å². The molecule has 4 heteroatoms. The average molecular weight is 268 g/mol. The zero-order valence-electron chi connectivity index (χ0n) is 12.0. The average Bonchev–Trinajstić information content (AvgIpc) is 2.64. The number of nitrogens with one attached hydrogen (secondary N) is 2. The summed E-state index contributed by atoms with van der Waals surface area (Å²) in [6.07, 6.45) is 10.9. The normalized spacial score (nSPS) is 25.9. The molecule has 19 heavy (non-hydrogen) atoms. The molecular weight excluding hydrogens is 240 g/mol. The summed E-state index contributed by atoms with van der Waals surface area (Å²) in [4.78, 5) is 11.2. The highest BCUT2D eigenvalue weighted by atomic mass is 16.5. The maximum absolute atomic E-state index is 11.2. The van der Waals surface area contributed by atoms with Crippen LogP contribution >= 0.6 is 0 Å². The molecule has 0 bridgehead atoms. The van der Waals surface area contributed by atoms with Crippen LogP contribution < -0.4 is 10.6 Å². The van der Waals surface area contributed by atoms with Gasteiger partial charge in [0.15, 0.2) is 0 Å². The van der Waals surface area contributed by atoms with E-state index in [2.05, 4.69) is 10.6 Å². The van der Waals surface area contributed by atoms with Gasteiger partial charge in [0.1, 0.15) is 0 Å². The predicted octanol–water partition coefficient (Wildman–Crippen LogP) is 1.98. The van der Waals surface area contributed by atoms with Crippen molar-refractivity contribution in [1.82, 2.24) is 10.6 Å². The first kappa shape index (κ1) is 14.8. The second-order valence-electron chi connectivity index (χ2n) is 5.81. The largest absolute Gasteiger partial charge is 0.378 e. The van der Waals surface area contributed by atoms with Gasteiger partial charge in [0.05, 0.1) is 6.10 Å². The second-order valence-corrected chi connectivity index (χ2v) is 5.81. The van der Waals surface area contributed by atoms with E-state index in [0.717, 1.165) is 39.0 Å². The molecule has 4 nitrogen and oxygen atoms in total. The highest BCUT2D eigenvalue weighted by molar-refractivity contribution is 5.76. The summed E-state index contributed by atoms with van der Waals surface area (Å²) < 4.78 is 5.91. The molecule has 1 amide bonds. The number of carbonyl (C=O) groups is 1. The van der Waals surface area contributed by atoms with Gasteiger partial charge in [-0.15, -0.1) is 0 Å². The summed E-state index contributed by atoms with van der Waals surface area (Å²) >= 11 is 0. The number of ether oxygens (including phenoxy) is 1. The van der Waals surface area contributed by atoms with Gasteiger partial charge < -0.3 is 15.4 Å². The molecule has 2 rings (SSSR count). The van der Waals surface area contributed by atoms with E-state index in [1.54, 1.807) is 0 Å². The number of rotatable bonds is 6. The third-order valence-corrected chi connectivity index (χ3v) is 4.19. The Labute approximate surface area is 116 Å². The molecule has 0 spiro atoms. The Bertz CT molecular complexity index is 265. The molecule has 1 atom stereocenters. The lowest BCUT2D eigenvalue weighted by Crippen LogP contribution is -2.31. The van der Waals surface area contributed by atoms with Crippen molar-refractivity contribution in [2.75, 3.05) is 19.7 Å². The maximum Gasteiger partial charge on any atom is 0.220 e. The zero-order valence-corrected chi connectivity index (χ0v) is 12.0. The highest BCUT2D eigenvalue weighted by Crippen LogP contribution is 2.20. The first-order valence-electron chi connectivity index (χ1n) is 7.96. The number of hydrogen-bond donors (Lipinski definition) is 2. The van der Waals surface area contributed by atoms with Crippen molar-refractivity contribution in [1.29, 1.82) is 0 Å². The number of carbonyl (C=O) groups excluding carboxylic acids is 1. The Morgan fingerprint density at radius 2 is 2.00 bits per heavy atom. The van der Waals surface area contributed by atoms with E-state index in [4.69, 9.17) is 4.74 Å². The first-order valence-corrected chi connectivity index (χ1v) is 7.96. The molecule has 0 unspecified atom stereocenters. The van der Waals surface area contributed by atoms with Gasteiger partial charge in [-0.05, 0) is 38.6 Å². The molecule has 1 heterocycles. The van der Waals surface area contributed by atoms with E-state index in [1.807, 2.05) is 0 Å². The van der Waals surface area contributed by atoms with Gasteiger partial charge in [-0.3, -0.25) is 4.79 Å². The maximum atomic E-state index is 11.2. The van der Waals surface area contributed by atoms with Crippen LogP contribution in [0.1, 0.15) is 57.8 Å². The summed E-state index contributed by atoms with van der Waals surface area (Å²) in [5.74, 6) is 0.199. The van der Waals surface area contributed by atoms with Crippen LogP contribution in [0.4, 0.5) is 0 Å². The molecule has 1 aliphatic carbocycles. The van der Waals surface area contributed by atoms with Crippen LogP contribution in [0.25, 0.3) is 0 Å². The van der Waals surface area contributed by atoms with Crippen molar-refractivity contribution in [3.05, 3.63) is 0 Å². The summed E-state index contributed by atoms with van der Waals surface area (Å²) in [6.45, 7) is 2.70. The fourth-order valence-corrected chi connectivity index (χ4v) is 2.99. The van der Waals surface area contributed by atoms with Crippen LogP contribution in [-0.2, 0) is 9.53 Å². The standard InChI is InChI=1S/C15H28N2O2/c18-15-8-7-13(9-11-17-15)16-10-4-12-19-14-5-2-1-3-6-14/h13-14,16H,1-12H2,(H,17,18)/t13-/m1/s1. The molecule has 2 N–H and O–H groups in total. The Balaban J connectivity index is 1.48. The van der Waals surface area contributed by atoms with Gasteiger partial charge >= 0.3 is 0 Å². The Kier molecular flexibility index (Phi) is 6.65. The van der Waals surface area contributed by atoms with Crippen molar-refractivity contribution in [3.63, 3.8) is 0 Å². The SMILES string of the molecule is O=C1CC[C@@H](NCCCOC2CCCCC2)CCN1. The Morgan fingerprint density at radius 3 is 2.84 bits per heavy atom. The topological polar surface area (TPSA) is 50.4 Å². The van der Waals surface area contributed by atoms with Gasteiger partial charge in [0.25, 0.3) is 0 Å². The van der Waals surface area contributed by atoms with Crippen LogP contribution in [-0.4, -0.2) is 37.7 Å². The van der Waals surface area contributed by atoms with Crippen molar-refractivity contribution >= 4 is 5.91 Å². The molecule has 0 aromatic heterocycles. The minimum absolute atomic E-state index is 0.199. The minimum Gasteiger partial charge on any atom is -0.378 e. The molecule has 1 saturated heterocycles. The van der Waals surface area contributed by atoms with Gasteiger partial charge in [0.2, 0.25) is 5.91 Å². The molecule has 2 fully saturated rings. The molecule has 2 aliphatic rings. The van der Waals surface area contributed by atoms with E-state index >= 15 is 0 Å². The molecular formula is C15H28N2O2. The van der Waals surface area contributed by atoms with Crippen molar-refractivity contribution in [2.24, 2.45) is 0 Å². The number of amides is 1. The first-order chi connectivity index (χ1) is 9.34. The smallest absolute Gasteiger partial charge is 0.220 e. The van der Waals surface area contributed by atoms with E-state index in [-0.39, 0.29) is 5.91 Å². The van der Waals surface area contributed by atoms with E-state index in [0.29, 0.717) is 18.6 Å². The van der Waals surface area contributed by atoms with Crippen molar-refractivity contribution < 1.29 is 9.53 Å². The summed E-state index contributed by atoms with van der Waals surface area (Å²) in [6, 6.07) is 0.494. The summed E-state index contributed by atoms with van der Waals surface area (Å²) in [5, 5.41) is 6.46. The van der Waals surface area contributed by atoms with Crippen molar-refractivity contribution in [2.45, 2.75) is 69.9 Å². The van der Waals surface area contributed by atoms with Crippen LogP contribution in [0.15, 0.2) is 0 Å². The van der Waals surface area contributed by atoms with Crippen molar-refractivity contribution in [3.8, 4) is 0 Å². The van der Waals surface area contributed by atoms with Gasteiger partial charge in [-0.25, -0.2) is 0 Å². The summed E-state index contributed by atoms with van der Waals surface area (Å²) in [7, 11) is 0. The zero-order chi connectivity index (χ0) is 13.3. The van der Waals surface area contributed by atoms with E-state index in [9.17, 15) is 4.79 Å². The van der Waals surface area contributed by atoms with E-state index < -0.39 is 0 Å². The highest BCUT2D eigenvalue weighted by Gasteiger charge is 2.15. The molecule has 0 aromatic carbocycles. The lowest BCUT2D eigenvalue weighted by atomic mass is 9.98. The molecule has 0 aromatic rings. The van der Waals surface area contributed by atoms with E-state index in [1.165, 1.54) is 32.1 Å². The van der Waals surface area contributed by atoms with Crippen LogP contribution in [0.2, 0.25) is 0 Å². The third kappa shape index (κ3) is 5.91. The Hall–Kier alpha value is -0.610. The van der Waals surface area contributed by atoms with Crippen LogP contribution in [0, 0.1) is 0 Å². The lowest BCUT2D eigenvalue weighted by Gasteiger charge is -2.22. The number of hydrogen-bond acceptors (Lipinski definition) is 3. The fourth-order valence-electron chi connectivity index (χ4n) is 2.99. The van der Waals surface area contributed by atoms with Gasteiger partial charge in [-0.2, -0.15) is 0 Å². The monoisotopic (exact) mass is 268 g/mol. The minimum atomic E-state index is 0.199. The van der Waals surface area contributed by atoms with Gasteiger partial charge in [-0.1, -0.05) is 19.3 Å². The quantitative estimate of drug-likeness (QED) is 0.724. The Morgan fingerprint density at radius 1 is 1.16 bits per heavy atom.